The van der Waals surface area contributed by atoms with Crippen LogP contribution >= 0.6 is 15.9 Å². The van der Waals surface area contributed by atoms with E-state index in [1.165, 1.54) is 7.11 Å². The Morgan fingerprint density at radius 2 is 1.92 bits per heavy atom. The Balaban J connectivity index is 1.66. The SMILES string of the molecule is CCOc1cc([C@@H]2NC(=O)NC(C)=C2C(=O)OC)ccc1OC[C@H](O)N/N=C/c1ccc(OC(C)C)c(Br)c1. The molecule has 1 heterocycles. The number of carbonyl (C=O) groups is 2. The Morgan fingerprint density at radius 1 is 1.18 bits per heavy atom. The number of amides is 2. The van der Waals surface area contributed by atoms with Crippen molar-refractivity contribution in [2.75, 3.05) is 20.3 Å². The summed E-state index contributed by atoms with van der Waals surface area (Å²) in [5.74, 6) is 0.921. The second-order valence-corrected chi connectivity index (χ2v) is 9.63. The summed E-state index contributed by atoms with van der Waals surface area (Å²) in [6, 6.07) is 9.38. The number of nitrogens with one attached hydrogen (secondary N) is 3. The van der Waals surface area contributed by atoms with Gasteiger partial charge in [0, 0.05) is 5.70 Å². The lowest BCUT2D eigenvalue weighted by molar-refractivity contribution is -0.136. The van der Waals surface area contributed by atoms with Crippen molar-refractivity contribution in [2.45, 2.75) is 46.1 Å². The van der Waals surface area contributed by atoms with E-state index in [-0.39, 0.29) is 18.3 Å². The van der Waals surface area contributed by atoms with Crippen molar-refractivity contribution in [3.63, 3.8) is 0 Å². The number of aliphatic hydroxyl groups excluding tert-OH is 1. The zero-order chi connectivity index (χ0) is 28.5. The summed E-state index contributed by atoms with van der Waals surface area (Å²) in [5, 5.41) is 19.7. The van der Waals surface area contributed by atoms with E-state index in [0.717, 1.165) is 15.8 Å². The number of halogens is 1. The van der Waals surface area contributed by atoms with Crippen LogP contribution in [0.15, 0.2) is 57.2 Å². The highest BCUT2D eigenvalue weighted by Gasteiger charge is 2.32. The number of hydrazone groups is 1. The molecule has 4 N–H and O–H groups in total. The largest absolute Gasteiger partial charge is 0.490 e. The van der Waals surface area contributed by atoms with E-state index < -0.39 is 24.3 Å². The van der Waals surface area contributed by atoms with Crippen LogP contribution in [0.3, 0.4) is 0 Å². The number of hydrogen-bond donors (Lipinski definition) is 4. The molecule has 1 aliphatic heterocycles. The van der Waals surface area contributed by atoms with Crippen LogP contribution < -0.4 is 30.3 Å². The maximum absolute atomic E-state index is 12.4. The zero-order valence-electron chi connectivity index (χ0n) is 22.4. The van der Waals surface area contributed by atoms with Crippen molar-refractivity contribution < 1.29 is 33.6 Å². The first kappa shape index (κ1) is 29.8. The number of carbonyl (C=O) groups excluding carboxylic acids is 2. The molecule has 0 bridgehead atoms. The minimum absolute atomic E-state index is 0.0564. The lowest BCUT2D eigenvalue weighted by Crippen LogP contribution is -2.45. The number of aliphatic hydroxyl groups is 1. The zero-order valence-corrected chi connectivity index (χ0v) is 24.0. The summed E-state index contributed by atoms with van der Waals surface area (Å²) in [4.78, 5) is 24.5. The first-order valence-electron chi connectivity index (χ1n) is 12.3. The van der Waals surface area contributed by atoms with Gasteiger partial charge in [-0.1, -0.05) is 6.07 Å². The Bertz CT molecular complexity index is 1250. The van der Waals surface area contributed by atoms with E-state index >= 15 is 0 Å². The molecule has 0 spiro atoms. The Labute approximate surface area is 235 Å². The van der Waals surface area contributed by atoms with E-state index in [1.54, 1.807) is 31.3 Å². The molecule has 12 heteroatoms. The predicted octanol–water partition coefficient (Wildman–Crippen LogP) is 3.76. The van der Waals surface area contributed by atoms with E-state index in [0.29, 0.717) is 29.4 Å². The smallest absolute Gasteiger partial charge is 0.337 e. The van der Waals surface area contributed by atoms with E-state index in [1.807, 2.05) is 39.0 Å². The van der Waals surface area contributed by atoms with Gasteiger partial charge in [-0.25, -0.2) is 9.59 Å². The summed E-state index contributed by atoms with van der Waals surface area (Å²) in [5.41, 5.74) is 4.69. The number of benzene rings is 2. The van der Waals surface area contributed by atoms with E-state index in [4.69, 9.17) is 18.9 Å². The van der Waals surface area contributed by atoms with Crippen LogP contribution in [0.4, 0.5) is 4.79 Å². The number of hydrogen-bond acceptors (Lipinski definition) is 9. The summed E-state index contributed by atoms with van der Waals surface area (Å²) < 4.78 is 22.9. The molecule has 0 aromatic heterocycles. The van der Waals surface area contributed by atoms with Crippen LogP contribution in [0.25, 0.3) is 0 Å². The van der Waals surface area contributed by atoms with Crippen LogP contribution in [0.2, 0.25) is 0 Å². The standard InChI is InChI=1S/C27H33BrN4O7/c1-6-37-22-12-18(25-24(26(34)36-5)16(4)30-27(35)31-25)8-10-21(22)38-14-23(33)32-29-13-17-7-9-20(19(28)11-17)39-15(2)3/h7-13,15,23,25,32-33H,6,14H2,1-5H3,(H2,30,31,35)/b29-13+/t23-,25-/m0/s1. The fourth-order valence-corrected chi connectivity index (χ4v) is 4.26. The van der Waals surface area contributed by atoms with Crippen molar-refractivity contribution in [1.29, 1.82) is 0 Å². The van der Waals surface area contributed by atoms with E-state index in [9.17, 15) is 14.7 Å². The average molecular weight is 605 g/mol. The highest BCUT2D eigenvalue weighted by atomic mass is 79.9. The number of esters is 1. The third-order valence-corrected chi connectivity index (χ3v) is 6.05. The third kappa shape index (κ3) is 8.11. The Morgan fingerprint density at radius 3 is 2.59 bits per heavy atom. The molecule has 2 aromatic rings. The lowest BCUT2D eigenvalue weighted by Gasteiger charge is -2.28. The van der Waals surface area contributed by atoms with Crippen molar-refractivity contribution in [3.05, 3.63) is 63.3 Å². The van der Waals surface area contributed by atoms with Crippen molar-refractivity contribution >= 4 is 34.1 Å². The Kier molecular flexibility index (Phi) is 10.6. The molecule has 2 aromatic carbocycles. The molecule has 2 atom stereocenters. The summed E-state index contributed by atoms with van der Waals surface area (Å²) in [7, 11) is 1.28. The van der Waals surface area contributed by atoms with Gasteiger partial charge in [-0.2, -0.15) is 5.10 Å². The predicted molar refractivity (Wildman–Crippen MR) is 149 cm³/mol. The monoisotopic (exact) mass is 604 g/mol. The lowest BCUT2D eigenvalue weighted by atomic mass is 9.95. The van der Waals surface area contributed by atoms with Crippen molar-refractivity contribution in [2.24, 2.45) is 5.10 Å². The molecule has 3 rings (SSSR count). The molecule has 39 heavy (non-hydrogen) atoms. The van der Waals surface area contributed by atoms with Gasteiger partial charge in [-0.05, 0) is 85.1 Å². The molecule has 0 saturated heterocycles. The summed E-state index contributed by atoms with van der Waals surface area (Å²) in [6.45, 7) is 7.57. The number of urea groups is 1. The van der Waals surface area contributed by atoms with Crippen LogP contribution in [-0.2, 0) is 9.53 Å². The third-order valence-electron chi connectivity index (χ3n) is 5.43. The number of methoxy groups -OCH3 is 1. The van der Waals surface area contributed by atoms with Crippen LogP contribution in [0.5, 0.6) is 17.2 Å². The van der Waals surface area contributed by atoms with Crippen LogP contribution in [0.1, 0.15) is 44.9 Å². The van der Waals surface area contributed by atoms with Crippen molar-refractivity contribution in [3.8, 4) is 17.2 Å². The minimum atomic E-state index is -1.11. The number of allylic oxidation sites excluding steroid dienone is 1. The van der Waals surface area contributed by atoms with Crippen molar-refractivity contribution in [1.82, 2.24) is 16.1 Å². The summed E-state index contributed by atoms with van der Waals surface area (Å²) >= 11 is 3.48. The molecule has 0 aliphatic carbocycles. The van der Waals surface area contributed by atoms with Crippen LogP contribution in [0, 0.1) is 0 Å². The molecule has 0 fully saturated rings. The molecule has 210 valence electrons. The van der Waals surface area contributed by atoms with Gasteiger partial charge in [0.05, 0.1) is 42.1 Å². The first-order valence-corrected chi connectivity index (χ1v) is 13.1. The van der Waals surface area contributed by atoms with Gasteiger partial charge < -0.3 is 34.7 Å². The molecular weight excluding hydrogens is 572 g/mol. The molecule has 2 amide bonds. The highest BCUT2D eigenvalue weighted by Crippen LogP contribution is 2.35. The highest BCUT2D eigenvalue weighted by molar-refractivity contribution is 9.10. The second-order valence-electron chi connectivity index (χ2n) is 8.77. The van der Waals surface area contributed by atoms with Gasteiger partial charge >= 0.3 is 12.0 Å². The summed E-state index contributed by atoms with van der Waals surface area (Å²) in [6.07, 6.45) is 0.512. The van der Waals surface area contributed by atoms with Gasteiger partial charge in [0.2, 0.25) is 0 Å². The maximum Gasteiger partial charge on any atom is 0.337 e. The van der Waals surface area contributed by atoms with Gasteiger partial charge in [0.25, 0.3) is 0 Å². The molecular formula is C27H33BrN4O7. The number of nitrogens with zero attached hydrogens (tertiary/aromatic N) is 1. The molecule has 11 nitrogen and oxygen atoms in total. The van der Waals surface area contributed by atoms with E-state index in [2.05, 4.69) is 37.1 Å². The number of rotatable bonds is 12. The fourth-order valence-electron chi connectivity index (χ4n) is 3.77. The molecule has 0 radical (unpaired) electrons. The minimum Gasteiger partial charge on any atom is -0.490 e. The first-order chi connectivity index (χ1) is 18.6. The Hall–Kier alpha value is -3.77. The van der Waals surface area contributed by atoms with Gasteiger partial charge in [0.15, 0.2) is 17.7 Å². The van der Waals surface area contributed by atoms with Gasteiger partial charge in [-0.15, -0.1) is 0 Å². The molecule has 1 aliphatic rings. The second kappa shape index (κ2) is 13.9. The van der Waals surface area contributed by atoms with Gasteiger partial charge in [-0.3, -0.25) is 5.43 Å². The van der Waals surface area contributed by atoms with Crippen LogP contribution in [-0.4, -0.2) is 56.0 Å². The molecule has 0 unspecified atom stereocenters. The molecule has 0 saturated carbocycles. The normalized spacial score (nSPS) is 16.0. The topological polar surface area (TPSA) is 140 Å². The fraction of sp³-hybridized carbons (Fsp3) is 0.370. The quantitative estimate of drug-likeness (QED) is 0.124. The average Bonchev–Trinajstić information content (AvgIpc) is 2.88. The maximum atomic E-state index is 12.4. The van der Waals surface area contributed by atoms with Gasteiger partial charge in [0.1, 0.15) is 12.4 Å². The number of ether oxygens (including phenoxy) is 4.